The number of ketones is 1. The van der Waals surface area contributed by atoms with E-state index >= 15 is 0 Å². The van der Waals surface area contributed by atoms with Gasteiger partial charge in [0.1, 0.15) is 18.1 Å². The van der Waals surface area contributed by atoms with E-state index in [0.29, 0.717) is 63.3 Å². The zero-order valence-electron chi connectivity index (χ0n) is 27.4. The Morgan fingerprint density at radius 3 is 2.36 bits per heavy atom. The van der Waals surface area contributed by atoms with Crippen molar-refractivity contribution in [3.05, 3.63) is 130 Å². The predicted octanol–water partition coefficient (Wildman–Crippen LogP) is 8.88. The Hall–Kier alpha value is -4.84. The molecule has 1 saturated heterocycles. The quantitative estimate of drug-likeness (QED) is 0.0394. The summed E-state index contributed by atoms with van der Waals surface area (Å²) in [6.45, 7) is 5.08. The number of thioether (sulfide) groups is 1. The number of aliphatic hydroxyl groups excluding tert-OH is 1. The van der Waals surface area contributed by atoms with E-state index in [9.17, 15) is 14.7 Å². The third kappa shape index (κ3) is 7.96. The fourth-order valence-corrected chi connectivity index (χ4v) is 7.28. The molecule has 5 aromatic rings. The molecular weight excluding hydrogens is 694 g/mol. The van der Waals surface area contributed by atoms with Gasteiger partial charge in [-0.3, -0.25) is 14.5 Å². The number of carbonyl (C=O) groups is 2. The zero-order chi connectivity index (χ0) is 35.0. The van der Waals surface area contributed by atoms with Crippen molar-refractivity contribution in [3.8, 4) is 17.2 Å². The molecule has 0 aliphatic carbocycles. The topological polar surface area (TPSA) is 111 Å². The molecule has 1 aliphatic heterocycles. The second-order valence-electron chi connectivity index (χ2n) is 11.2. The highest BCUT2D eigenvalue weighted by atomic mass is 35.5. The lowest BCUT2D eigenvalue weighted by Gasteiger charge is -2.23. The molecule has 6 rings (SSSR count). The number of hydrogen-bond acceptors (Lipinski definition) is 10. The van der Waals surface area contributed by atoms with Gasteiger partial charge in [-0.25, -0.2) is 0 Å². The van der Waals surface area contributed by atoms with Crippen molar-refractivity contribution in [2.75, 3.05) is 18.1 Å². The van der Waals surface area contributed by atoms with Crippen molar-refractivity contribution in [2.45, 2.75) is 43.0 Å². The van der Waals surface area contributed by atoms with Crippen LogP contribution in [-0.2, 0) is 21.9 Å². The van der Waals surface area contributed by atoms with Crippen LogP contribution < -0.4 is 19.1 Å². The molecule has 1 aromatic heterocycles. The van der Waals surface area contributed by atoms with Gasteiger partial charge >= 0.3 is 5.91 Å². The van der Waals surface area contributed by atoms with Gasteiger partial charge in [0.2, 0.25) is 5.13 Å². The first-order valence-electron chi connectivity index (χ1n) is 16.0. The summed E-state index contributed by atoms with van der Waals surface area (Å²) in [6, 6.07) is 28.2. The first kappa shape index (κ1) is 35.0. The highest BCUT2D eigenvalue weighted by Gasteiger charge is 2.48. The van der Waals surface area contributed by atoms with Gasteiger partial charge in [-0.15, -0.1) is 10.2 Å². The molecule has 0 spiro atoms. The van der Waals surface area contributed by atoms with E-state index in [4.69, 9.17) is 25.8 Å². The van der Waals surface area contributed by atoms with Crippen LogP contribution in [0.4, 0.5) is 5.13 Å². The van der Waals surface area contributed by atoms with Gasteiger partial charge < -0.3 is 19.3 Å². The molecule has 0 radical (unpaired) electrons. The van der Waals surface area contributed by atoms with E-state index in [-0.39, 0.29) is 16.5 Å². The smallest absolute Gasteiger partial charge is 0.301 e. The molecule has 1 unspecified atom stereocenters. The Morgan fingerprint density at radius 2 is 1.64 bits per heavy atom. The van der Waals surface area contributed by atoms with Gasteiger partial charge in [-0.1, -0.05) is 90.2 Å². The molecule has 1 N–H and O–H groups in total. The monoisotopic (exact) mass is 727 g/mol. The number of anilines is 1. The Kier molecular flexibility index (Phi) is 11.4. The molecule has 9 nitrogen and oxygen atoms in total. The number of hydrogen-bond donors (Lipinski definition) is 1. The molecule has 0 bridgehead atoms. The minimum atomic E-state index is -1.03. The van der Waals surface area contributed by atoms with Crippen molar-refractivity contribution in [1.29, 1.82) is 0 Å². The highest BCUT2D eigenvalue weighted by molar-refractivity contribution is 8.00. The standard InChI is InChI=1S/C38H34ClN3O6S2/c1-3-20-47-29-17-12-26(13-18-29)34(43)32-33(27-14-19-30(31(21-27)46-4-2)48-22-24-8-6-5-7-9-24)42(36(45)35(32)44)37-40-41-38(50-37)49-23-25-10-15-28(39)16-11-25/h5-19,21,33,43H,3-4,20,22-23H2,1-2H3/b34-32+. The van der Waals surface area contributed by atoms with E-state index in [0.717, 1.165) is 17.5 Å². The van der Waals surface area contributed by atoms with Crippen molar-refractivity contribution in [3.63, 3.8) is 0 Å². The second-order valence-corrected chi connectivity index (χ2v) is 13.8. The molecule has 1 fully saturated rings. The maximum atomic E-state index is 13.8. The molecule has 4 aromatic carbocycles. The summed E-state index contributed by atoms with van der Waals surface area (Å²) in [5.41, 5.74) is 2.83. The Bertz CT molecular complexity index is 1980. The van der Waals surface area contributed by atoms with Crippen LogP contribution in [0.1, 0.15) is 48.6 Å². The maximum Gasteiger partial charge on any atom is 0.301 e. The fraction of sp³-hybridized carbons (Fsp3) is 0.211. The average molecular weight is 728 g/mol. The molecule has 1 aliphatic rings. The number of benzene rings is 4. The van der Waals surface area contributed by atoms with Crippen LogP contribution in [0.5, 0.6) is 17.2 Å². The summed E-state index contributed by atoms with van der Waals surface area (Å²) in [7, 11) is 0. The van der Waals surface area contributed by atoms with Crippen LogP contribution in [0.3, 0.4) is 0 Å². The van der Waals surface area contributed by atoms with Crippen LogP contribution in [0.2, 0.25) is 5.02 Å². The van der Waals surface area contributed by atoms with Gasteiger partial charge in [-0.05, 0) is 78.6 Å². The second kappa shape index (κ2) is 16.2. The number of aliphatic hydroxyl groups is 1. The summed E-state index contributed by atoms with van der Waals surface area (Å²) in [5.74, 6) is 0.177. The third-order valence-corrected chi connectivity index (χ3v) is 10.1. The average Bonchev–Trinajstić information content (AvgIpc) is 3.71. The molecule has 50 heavy (non-hydrogen) atoms. The lowest BCUT2D eigenvalue weighted by molar-refractivity contribution is -0.132. The van der Waals surface area contributed by atoms with Crippen molar-refractivity contribution >= 4 is 57.3 Å². The number of halogens is 1. The summed E-state index contributed by atoms with van der Waals surface area (Å²) in [6.07, 6.45) is 0.845. The van der Waals surface area contributed by atoms with Crippen molar-refractivity contribution in [2.24, 2.45) is 0 Å². The van der Waals surface area contributed by atoms with Gasteiger partial charge in [0.25, 0.3) is 5.78 Å². The Balaban J connectivity index is 1.38. The SMILES string of the molecule is CCCOc1ccc(/C(O)=C2\C(=O)C(=O)N(c3nnc(SCc4ccc(Cl)cc4)s3)C2c2ccc(OCc3ccccc3)c(OCC)c2)cc1. The number of aromatic nitrogens is 2. The number of amides is 1. The normalized spacial score (nSPS) is 15.3. The number of nitrogens with zero attached hydrogens (tertiary/aromatic N) is 3. The summed E-state index contributed by atoms with van der Waals surface area (Å²) < 4.78 is 18.4. The minimum Gasteiger partial charge on any atom is -0.507 e. The van der Waals surface area contributed by atoms with Gasteiger partial charge in [0, 0.05) is 16.3 Å². The lowest BCUT2D eigenvalue weighted by Crippen LogP contribution is -2.29. The van der Waals surface area contributed by atoms with Crippen LogP contribution >= 0.6 is 34.7 Å². The van der Waals surface area contributed by atoms with Crippen molar-refractivity contribution < 1.29 is 28.9 Å². The van der Waals surface area contributed by atoms with E-state index in [2.05, 4.69) is 10.2 Å². The Morgan fingerprint density at radius 1 is 0.880 bits per heavy atom. The number of Topliss-reactive ketones (excluding diaryl/α,β-unsaturated/α-hetero) is 1. The van der Waals surface area contributed by atoms with Crippen LogP contribution in [0, 0.1) is 0 Å². The molecule has 1 atom stereocenters. The Labute approximate surface area is 303 Å². The minimum absolute atomic E-state index is 0.0804. The van der Waals surface area contributed by atoms with E-state index in [1.54, 1.807) is 42.5 Å². The largest absolute Gasteiger partial charge is 0.507 e. The molecule has 0 saturated carbocycles. The van der Waals surface area contributed by atoms with Gasteiger partial charge in [-0.2, -0.15) is 0 Å². The zero-order valence-corrected chi connectivity index (χ0v) is 29.8. The molecule has 256 valence electrons. The van der Waals surface area contributed by atoms with Gasteiger partial charge in [0.05, 0.1) is 24.8 Å². The third-order valence-electron chi connectivity index (χ3n) is 7.74. The molecule has 2 heterocycles. The first-order valence-corrected chi connectivity index (χ1v) is 18.2. The molecular formula is C38H34ClN3O6S2. The highest BCUT2D eigenvalue weighted by Crippen LogP contribution is 2.46. The number of rotatable bonds is 14. The molecule has 12 heteroatoms. The summed E-state index contributed by atoms with van der Waals surface area (Å²) >= 11 is 8.68. The fourth-order valence-electron chi connectivity index (χ4n) is 5.33. The van der Waals surface area contributed by atoms with E-state index in [1.807, 2.05) is 68.4 Å². The maximum absolute atomic E-state index is 13.8. The predicted molar refractivity (Wildman–Crippen MR) is 196 cm³/mol. The van der Waals surface area contributed by atoms with Crippen molar-refractivity contribution in [1.82, 2.24) is 10.2 Å². The lowest BCUT2D eigenvalue weighted by atomic mass is 9.95. The van der Waals surface area contributed by atoms with E-state index < -0.39 is 17.7 Å². The summed E-state index contributed by atoms with van der Waals surface area (Å²) in [4.78, 5) is 29.0. The van der Waals surface area contributed by atoms with Crippen LogP contribution in [0.15, 0.2) is 107 Å². The number of carbonyl (C=O) groups excluding carboxylic acids is 2. The van der Waals surface area contributed by atoms with E-state index in [1.165, 1.54) is 28.0 Å². The van der Waals surface area contributed by atoms with Crippen LogP contribution in [-0.4, -0.2) is 40.2 Å². The molecule has 1 amide bonds. The van der Waals surface area contributed by atoms with Gasteiger partial charge in [0.15, 0.2) is 15.8 Å². The summed E-state index contributed by atoms with van der Waals surface area (Å²) in [5, 5.41) is 21.2. The number of ether oxygens (including phenoxy) is 3. The first-order chi connectivity index (χ1) is 24.4. The van der Waals surface area contributed by atoms with Crippen LogP contribution in [0.25, 0.3) is 5.76 Å².